The Bertz CT molecular complexity index is 311. The Labute approximate surface area is 83.1 Å². The van der Waals surface area contributed by atoms with Crippen LogP contribution in [-0.4, -0.2) is 25.2 Å². The number of ether oxygens (including phenoxy) is 1. The SMILES string of the molecule is C=CC1=CC=CC(=O)C1C1NCCO1. The van der Waals surface area contributed by atoms with Crippen molar-refractivity contribution < 1.29 is 9.53 Å². The van der Waals surface area contributed by atoms with E-state index >= 15 is 0 Å². The lowest BCUT2D eigenvalue weighted by Gasteiger charge is -2.23. The molecule has 2 aliphatic rings. The molecule has 1 aliphatic heterocycles. The van der Waals surface area contributed by atoms with Crippen LogP contribution in [0.4, 0.5) is 0 Å². The molecule has 1 heterocycles. The van der Waals surface area contributed by atoms with Crippen molar-refractivity contribution in [3.05, 3.63) is 36.5 Å². The summed E-state index contributed by atoms with van der Waals surface area (Å²) in [5, 5.41) is 3.16. The second kappa shape index (κ2) is 3.90. The first-order valence-electron chi connectivity index (χ1n) is 4.72. The van der Waals surface area contributed by atoms with E-state index in [1.165, 1.54) is 0 Å². The van der Waals surface area contributed by atoms with Gasteiger partial charge in [-0.3, -0.25) is 10.1 Å². The van der Waals surface area contributed by atoms with Crippen molar-refractivity contribution in [2.75, 3.05) is 13.2 Å². The molecular weight excluding hydrogens is 178 g/mol. The molecule has 3 nitrogen and oxygen atoms in total. The van der Waals surface area contributed by atoms with Crippen LogP contribution in [0.15, 0.2) is 36.5 Å². The Balaban J connectivity index is 2.22. The van der Waals surface area contributed by atoms with Crippen molar-refractivity contribution in [3.63, 3.8) is 0 Å². The molecule has 0 radical (unpaired) electrons. The molecule has 1 fully saturated rings. The molecule has 0 aromatic rings. The number of carbonyl (C=O) groups is 1. The van der Waals surface area contributed by atoms with Gasteiger partial charge in [0.05, 0.1) is 12.5 Å². The van der Waals surface area contributed by atoms with E-state index in [1.807, 2.05) is 6.08 Å². The lowest BCUT2D eigenvalue weighted by Crippen LogP contribution is -2.37. The minimum atomic E-state index is -0.222. The molecule has 14 heavy (non-hydrogen) atoms. The van der Waals surface area contributed by atoms with E-state index in [0.29, 0.717) is 6.61 Å². The Hall–Kier alpha value is -1.19. The van der Waals surface area contributed by atoms with Gasteiger partial charge in [0, 0.05) is 6.54 Å². The van der Waals surface area contributed by atoms with Crippen molar-refractivity contribution in [1.29, 1.82) is 0 Å². The monoisotopic (exact) mass is 191 g/mol. The highest BCUT2D eigenvalue weighted by molar-refractivity contribution is 5.96. The lowest BCUT2D eigenvalue weighted by molar-refractivity contribution is -0.120. The molecule has 1 saturated heterocycles. The van der Waals surface area contributed by atoms with Crippen molar-refractivity contribution in [2.45, 2.75) is 6.23 Å². The number of nitrogens with one attached hydrogen (secondary N) is 1. The Morgan fingerprint density at radius 1 is 1.64 bits per heavy atom. The second-order valence-electron chi connectivity index (χ2n) is 3.36. The smallest absolute Gasteiger partial charge is 0.167 e. The van der Waals surface area contributed by atoms with Crippen molar-refractivity contribution in [2.24, 2.45) is 5.92 Å². The van der Waals surface area contributed by atoms with Crippen molar-refractivity contribution in [3.8, 4) is 0 Å². The molecule has 2 unspecified atom stereocenters. The third-order valence-corrected chi connectivity index (χ3v) is 2.50. The van der Waals surface area contributed by atoms with Gasteiger partial charge in [0.25, 0.3) is 0 Å². The van der Waals surface area contributed by atoms with Crippen LogP contribution in [0.1, 0.15) is 0 Å². The molecule has 0 amide bonds. The number of hydrogen-bond donors (Lipinski definition) is 1. The summed E-state index contributed by atoms with van der Waals surface area (Å²) in [5.41, 5.74) is 0.928. The predicted octanol–water partition coefficient (Wildman–Crippen LogP) is 0.800. The van der Waals surface area contributed by atoms with Crippen LogP contribution < -0.4 is 5.32 Å². The van der Waals surface area contributed by atoms with Crippen LogP contribution in [0.3, 0.4) is 0 Å². The highest BCUT2D eigenvalue weighted by Gasteiger charge is 2.32. The van der Waals surface area contributed by atoms with Gasteiger partial charge in [0.15, 0.2) is 5.78 Å². The number of carbonyl (C=O) groups excluding carboxylic acids is 1. The zero-order valence-corrected chi connectivity index (χ0v) is 7.90. The summed E-state index contributed by atoms with van der Waals surface area (Å²) in [7, 11) is 0. The summed E-state index contributed by atoms with van der Waals surface area (Å²) in [4.78, 5) is 11.7. The molecule has 3 heteroatoms. The second-order valence-corrected chi connectivity index (χ2v) is 3.36. The van der Waals surface area contributed by atoms with E-state index in [1.54, 1.807) is 18.2 Å². The summed E-state index contributed by atoms with van der Waals surface area (Å²) in [6.45, 7) is 5.18. The molecule has 0 spiro atoms. The van der Waals surface area contributed by atoms with Crippen LogP contribution in [0.5, 0.6) is 0 Å². The van der Waals surface area contributed by atoms with Gasteiger partial charge in [-0.25, -0.2) is 0 Å². The van der Waals surface area contributed by atoms with Crippen molar-refractivity contribution in [1.82, 2.24) is 5.32 Å². The van der Waals surface area contributed by atoms with Gasteiger partial charge in [-0.1, -0.05) is 24.8 Å². The fourth-order valence-corrected chi connectivity index (χ4v) is 1.80. The fraction of sp³-hybridized carbons (Fsp3) is 0.364. The van der Waals surface area contributed by atoms with Gasteiger partial charge in [-0.05, 0) is 11.6 Å². The molecule has 0 aromatic carbocycles. The molecule has 1 N–H and O–H groups in total. The zero-order chi connectivity index (χ0) is 9.97. The van der Waals surface area contributed by atoms with E-state index in [4.69, 9.17) is 4.74 Å². The van der Waals surface area contributed by atoms with E-state index in [9.17, 15) is 4.79 Å². The van der Waals surface area contributed by atoms with Crippen LogP contribution >= 0.6 is 0 Å². The molecule has 0 saturated carbocycles. The third-order valence-electron chi connectivity index (χ3n) is 2.50. The summed E-state index contributed by atoms with van der Waals surface area (Å²) in [5.74, 6) is -0.137. The first kappa shape index (κ1) is 9.37. The Morgan fingerprint density at radius 3 is 3.14 bits per heavy atom. The van der Waals surface area contributed by atoms with Crippen LogP contribution in [-0.2, 0) is 9.53 Å². The molecule has 2 rings (SSSR count). The quantitative estimate of drug-likeness (QED) is 0.701. The maximum absolute atomic E-state index is 11.7. The molecular formula is C11H13NO2. The standard InChI is InChI=1S/C11H13NO2/c1-2-8-4-3-5-9(13)10(8)11-12-6-7-14-11/h2-5,10-12H,1,6-7H2. The van der Waals surface area contributed by atoms with E-state index < -0.39 is 0 Å². The third kappa shape index (κ3) is 1.56. The maximum atomic E-state index is 11.7. The predicted molar refractivity (Wildman–Crippen MR) is 53.7 cm³/mol. The first-order valence-corrected chi connectivity index (χ1v) is 4.72. The van der Waals surface area contributed by atoms with Gasteiger partial charge in [-0.2, -0.15) is 0 Å². The fourth-order valence-electron chi connectivity index (χ4n) is 1.80. The highest BCUT2D eigenvalue weighted by atomic mass is 16.5. The topological polar surface area (TPSA) is 38.3 Å². The maximum Gasteiger partial charge on any atom is 0.167 e. The summed E-state index contributed by atoms with van der Waals surface area (Å²) in [6, 6.07) is 0. The first-order chi connectivity index (χ1) is 6.83. The number of rotatable bonds is 2. The zero-order valence-electron chi connectivity index (χ0n) is 7.90. The van der Waals surface area contributed by atoms with Gasteiger partial charge in [0.1, 0.15) is 6.23 Å². The summed E-state index contributed by atoms with van der Waals surface area (Å²) >= 11 is 0. The molecule has 0 aromatic heterocycles. The largest absolute Gasteiger partial charge is 0.361 e. The van der Waals surface area contributed by atoms with E-state index in [0.717, 1.165) is 12.1 Å². The van der Waals surface area contributed by atoms with Crippen LogP contribution in [0.25, 0.3) is 0 Å². The van der Waals surface area contributed by atoms with Gasteiger partial charge in [0.2, 0.25) is 0 Å². The molecule has 2 atom stereocenters. The molecule has 1 aliphatic carbocycles. The highest BCUT2D eigenvalue weighted by Crippen LogP contribution is 2.24. The number of hydrogen-bond acceptors (Lipinski definition) is 3. The van der Waals surface area contributed by atoms with Crippen LogP contribution in [0.2, 0.25) is 0 Å². The van der Waals surface area contributed by atoms with Crippen molar-refractivity contribution >= 4 is 5.78 Å². The minimum absolute atomic E-state index is 0.0850. The lowest BCUT2D eigenvalue weighted by atomic mass is 9.89. The van der Waals surface area contributed by atoms with Gasteiger partial charge >= 0.3 is 0 Å². The minimum Gasteiger partial charge on any atom is -0.361 e. The van der Waals surface area contributed by atoms with Gasteiger partial charge in [-0.15, -0.1) is 0 Å². The van der Waals surface area contributed by atoms with E-state index in [2.05, 4.69) is 11.9 Å². The Kier molecular flexibility index (Phi) is 2.61. The normalized spacial score (nSPS) is 31.7. The Morgan fingerprint density at radius 2 is 2.50 bits per heavy atom. The summed E-state index contributed by atoms with van der Waals surface area (Å²) < 4.78 is 5.44. The summed E-state index contributed by atoms with van der Waals surface area (Å²) in [6.07, 6.45) is 6.78. The number of ketones is 1. The molecule has 74 valence electrons. The molecule has 0 bridgehead atoms. The van der Waals surface area contributed by atoms with Crippen LogP contribution in [0, 0.1) is 5.92 Å². The average Bonchev–Trinajstić information content (AvgIpc) is 2.70. The van der Waals surface area contributed by atoms with E-state index in [-0.39, 0.29) is 17.9 Å². The number of allylic oxidation sites excluding steroid dienone is 4. The van der Waals surface area contributed by atoms with Gasteiger partial charge < -0.3 is 4.74 Å². The average molecular weight is 191 g/mol.